The van der Waals surface area contributed by atoms with Crippen LogP contribution in [0.3, 0.4) is 0 Å². The molecule has 1 amide bonds. The van der Waals surface area contributed by atoms with Crippen LogP contribution in [0.1, 0.15) is 31.3 Å². The maximum absolute atomic E-state index is 13.1. The summed E-state index contributed by atoms with van der Waals surface area (Å²) >= 11 is 6.01. The van der Waals surface area contributed by atoms with Crippen LogP contribution in [-0.4, -0.2) is 74.3 Å². The van der Waals surface area contributed by atoms with Crippen molar-refractivity contribution in [3.05, 3.63) is 47.2 Å². The minimum atomic E-state index is -3.67. The molecule has 10 heteroatoms. The van der Waals surface area contributed by atoms with E-state index in [4.69, 9.17) is 11.6 Å². The molecular weight excluding hydrogens is 450 g/mol. The van der Waals surface area contributed by atoms with Gasteiger partial charge in [0.25, 0.3) is 5.91 Å². The van der Waals surface area contributed by atoms with Gasteiger partial charge in [0.05, 0.1) is 16.3 Å². The number of nitrogens with zero attached hydrogens (tertiary/aromatic N) is 4. The lowest BCUT2D eigenvalue weighted by molar-refractivity contribution is 0.102. The molecule has 2 aromatic rings. The summed E-state index contributed by atoms with van der Waals surface area (Å²) in [6, 6.07) is 8.00. The molecule has 0 unspecified atom stereocenters. The van der Waals surface area contributed by atoms with Crippen molar-refractivity contribution in [1.82, 2.24) is 14.2 Å². The van der Waals surface area contributed by atoms with Crippen LogP contribution in [0.2, 0.25) is 5.02 Å². The van der Waals surface area contributed by atoms with E-state index in [-0.39, 0.29) is 10.6 Å². The first-order valence-corrected chi connectivity index (χ1v) is 12.7. The van der Waals surface area contributed by atoms with Crippen molar-refractivity contribution >= 4 is 38.9 Å². The van der Waals surface area contributed by atoms with Crippen LogP contribution in [-0.2, 0) is 10.0 Å². The maximum Gasteiger partial charge on any atom is 0.274 e. The van der Waals surface area contributed by atoms with Crippen molar-refractivity contribution < 1.29 is 13.2 Å². The zero-order chi connectivity index (χ0) is 23.3. The highest BCUT2D eigenvalue weighted by atomic mass is 35.5. The fourth-order valence-electron chi connectivity index (χ4n) is 3.78. The van der Waals surface area contributed by atoms with E-state index in [0.29, 0.717) is 23.8 Å². The van der Waals surface area contributed by atoms with Crippen LogP contribution in [0.5, 0.6) is 0 Å². The normalized spacial score (nSPS) is 15.2. The van der Waals surface area contributed by atoms with E-state index in [2.05, 4.69) is 27.0 Å². The monoisotopic (exact) mass is 479 g/mol. The molecule has 32 heavy (non-hydrogen) atoms. The van der Waals surface area contributed by atoms with E-state index in [1.165, 1.54) is 22.6 Å². The minimum Gasteiger partial charge on any atom is -0.367 e. The zero-order valence-electron chi connectivity index (χ0n) is 18.7. The summed E-state index contributed by atoms with van der Waals surface area (Å²) in [4.78, 5) is 21.6. The van der Waals surface area contributed by atoms with E-state index >= 15 is 0 Å². The van der Waals surface area contributed by atoms with Crippen molar-refractivity contribution in [2.45, 2.75) is 25.7 Å². The number of aromatic nitrogens is 1. The number of anilines is 2. The first kappa shape index (κ1) is 24.4. The smallest absolute Gasteiger partial charge is 0.274 e. The van der Waals surface area contributed by atoms with Gasteiger partial charge in [-0.1, -0.05) is 32.4 Å². The van der Waals surface area contributed by atoms with Gasteiger partial charge in [0, 0.05) is 50.5 Å². The summed E-state index contributed by atoms with van der Waals surface area (Å²) in [5.41, 5.74) is 1.39. The number of pyridine rings is 1. The van der Waals surface area contributed by atoms with Gasteiger partial charge in [-0.2, -0.15) is 4.31 Å². The number of likely N-dealkylation sites (N-methyl/N-ethyl adjacent to an activating group) is 1. The summed E-state index contributed by atoms with van der Waals surface area (Å²) < 4.78 is 27.6. The highest BCUT2D eigenvalue weighted by molar-refractivity contribution is 7.89. The molecule has 0 bridgehead atoms. The molecule has 174 valence electrons. The molecule has 0 spiro atoms. The number of nitrogens with one attached hydrogen (secondary N) is 1. The third kappa shape index (κ3) is 5.40. The number of piperazine rings is 1. The van der Waals surface area contributed by atoms with Crippen LogP contribution in [0.15, 0.2) is 41.4 Å². The standard InChI is InChI=1S/C22H30ClN5O3S/c1-4-26-11-13-27(14-12-26)21-8-7-18(32(30,31)28(5-2)6-3)16-19(21)25-22(29)20-15-17(23)9-10-24-20/h7-10,15-16H,4-6,11-14H2,1-3H3,(H,25,29). The van der Waals surface area contributed by atoms with E-state index in [9.17, 15) is 13.2 Å². The number of carbonyl (C=O) groups is 1. The van der Waals surface area contributed by atoms with E-state index < -0.39 is 15.9 Å². The largest absolute Gasteiger partial charge is 0.367 e. The molecule has 1 aromatic heterocycles. The number of amides is 1. The number of benzene rings is 1. The van der Waals surface area contributed by atoms with Crippen LogP contribution in [0.4, 0.5) is 11.4 Å². The predicted octanol–water partition coefficient (Wildman–Crippen LogP) is 3.16. The Morgan fingerprint density at radius 3 is 2.38 bits per heavy atom. The topological polar surface area (TPSA) is 85.9 Å². The molecule has 0 saturated carbocycles. The molecule has 1 aliphatic heterocycles. The highest BCUT2D eigenvalue weighted by Crippen LogP contribution is 2.31. The molecule has 1 saturated heterocycles. The van der Waals surface area contributed by atoms with Crippen molar-refractivity contribution in [1.29, 1.82) is 0 Å². The second-order valence-electron chi connectivity index (χ2n) is 7.50. The fraction of sp³-hybridized carbons (Fsp3) is 0.455. The zero-order valence-corrected chi connectivity index (χ0v) is 20.3. The third-order valence-electron chi connectivity index (χ3n) is 5.67. The maximum atomic E-state index is 13.1. The second kappa shape index (κ2) is 10.6. The first-order valence-electron chi connectivity index (χ1n) is 10.8. The molecule has 1 aromatic carbocycles. The average molecular weight is 480 g/mol. The van der Waals surface area contributed by atoms with Crippen LogP contribution in [0.25, 0.3) is 0 Å². The van der Waals surface area contributed by atoms with Crippen molar-refractivity contribution in [2.75, 3.05) is 56.0 Å². The second-order valence-corrected chi connectivity index (χ2v) is 9.88. The molecule has 1 N–H and O–H groups in total. The van der Waals surface area contributed by atoms with Gasteiger partial charge in [0.1, 0.15) is 5.69 Å². The number of hydrogen-bond donors (Lipinski definition) is 1. The van der Waals surface area contributed by atoms with Gasteiger partial charge in [0.2, 0.25) is 10.0 Å². The summed E-state index contributed by atoms with van der Waals surface area (Å²) in [5, 5.41) is 3.27. The van der Waals surface area contributed by atoms with E-state index in [0.717, 1.165) is 38.4 Å². The number of hydrogen-bond acceptors (Lipinski definition) is 6. The third-order valence-corrected chi connectivity index (χ3v) is 7.96. The Bertz CT molecular complexity index is 1050. The Balaban J connectivity index is 1.98. The molecule has 8 nitrogen and oxygen atoms in total. The first-order chi connectivity index (χ1) is 15.3. The molecule has 0 atom stereocenters. The SMILES string of the molecule is CCN1CCN(c2ccc(S(=O)(=O)N(CC)CC)cc2NC(=O)c2cc(Cl)ccn2)CC1. The predicted molar refractivity (Wildman–Crippen MR) is 128 cm³/mol. The van der Waals surface area contributed by atoms with Crippen molar-refractivity contribution in [2.24, 2.45) is 0 Å². The molecule has 2 heterocycles. The van der Waals surface area contributed by atoms with Gasteiger partial charge >= 0.3 is 0 Å². The van der Waals surface area contributed by atoms with Gasteiger partial charge in [-0.05, 0) is 36.9 Å². The molecular formula is C22H30ClN5O3S. The van der Waals surface area contributed by atoms with Gasteiger partial charge in [-0.25, -0.2) is 8.42 Å². The highest BCUT2D eigenvalue weighted by Gasteiger charge is 2.25. The van der Waals surface area contributed by atoms with Gasteiger partial charge in [-0.15, -0.1) is 0 Å². The summed E-state index contributed by atoms with van der Waals surface area (Å²) in [7, 11) is -3.67. The van der Waals surface area contributed by atoms with Crippen LogP contribution in [0, 0.1) is 0 Å². The lowest BCUT2D eigenvalue weighted by Gasteiger charge is -2.36. The van der Waals surface area contributed by atoms with Crippen molar-refractivity contribution in [3.63, 3.8) is 0 Å². The van der Waals surface area contributed by atoms with Gasteiger partial charge < -0.3 is 15.1 Å². The fourth-order valence-corrected chi connectivity index (χ4v) is 5.43. The molecule has 3 rings (SSSR count). The Kier molecular flexibility index (Phi) is 8.10. The quantitative estimate of drug-likeness (QED) is 0.626. The average Bonchev–Trinajstić information content (AvgIpc) is 2.79. The summed E-state index contributed by atoms with van der Waals surface area (Å²) in [6.45, 7) is 10.8. The molecule has 0 radical (unpaired) electrons. The Labute approximate surface area is 195 Å². The molecule has 1 aliphatic rings. The molecule has 0 aliphatic carbocycles. The Hall–Kier alpha value is -2.20. The number of halogens is 1. The van der Waals surface area contributed by atoms with Crippen molar-refractivity contribution in [3.8, 4) is 0 Å². The van der Waals surface area contributed by atoms with Gasteiger partial charge in [0.15, 0.2) is 0 Å². The summed E-state index contributed by atoms with van der Waals surface area (Å²) in [6.07, 6.45) is 1.46. The number of carbonyl (C=O) groups excluding carboxylic acids is 1. The van der Waals surface area contributed by atoms with E-state index in [1.54, 1.807) is 32.0 Å². The van der Waals surface area contributed by atoms with Gasteiger partial charge in [-0.3, -0.25) is 9.78 Å². The summed E-state index contributed by atoms with van der Waals surface area (Å²) in [5.74, 6) is -0.446. The van der Waals surface area contributed by atoms with Crippen LogP contribution >= 0.6 is 11.6 Å². The Morgan fingerprint density at radius 1 is 1.09 bits per heavy atom. The number of sulfonamides is 1. The number of rotatable bonds is 8. The van der Waals surface area contributed by atoms with Crippen LogP contribution < -0.4 is 10.2 Å². The molecule has 1 fully saturated rings. The lowest BCUT2D eigenvalue weighted by Crippen LogP contribution is -2.46. The lowest BCUT2D eigenvalue weighted by atomic mass is 10.2. The van der Waals surface area contributed by atoms with E-state index in [1.807, 2.05) is 0 Å². The minimum absolute atomic E-state index is 0.145. The Morgan fingerprint density at radius 2 is 1.78 bits per heavy atom.